The van der Waals surface area contributed by atoms with Crippen LogP contribution in [0.3, 0.4) is 0 Å². The molecule has 0 bridgehead atoms. The molecule has 1 aliphatic rings. The number of imide groups is 1. The van der Waals surface area contributed by atoms with Crippen molar-refractivity contribution in [3.8, 4) is 5.75 Å². The van der Waals surface area contributed by atoms with Gasteiger partial charge in [0.15, 0.2) is 5.78 Å². The number of benzene rings is 2. The third-order valence-electron chi connectivity index (χ3n) is 4.93. The van der Waals surface area contributed by atoms with Crippen LogP contribution in [0.4, 0.5) is 4.79 Å². The van der Waals surface area contributed by atoms with Crippen molar-refractivity contribution in [3.05, 3.63) is 64.7 Å². The van der Waals surface area contributed by atoms with Crippen LogP contribution in [0.15, 0.2) is 42.5 Å². The van der Waals surface area contributed by atoms with Gasteiger partial charge in [-0.3, -0.25) is 14.5 Å². The van der Waals surface area contributed by atoms with E-state index < -0.39 is 17.5 Å². The summed E-state index contributed by atoms with van der Waals surface area (Å²) in [5.41, 5.74) is 1.80. The zero-order chi connectivity index (χ0) is 19.8. The standard InChI is InChI=1S/C21H22N2O4/c1-13-5-10-17(14(2)11-13)18(24)12-23-19(25)21(3,22-20(23)26)15-6-8-16(27-4)9-7-15/h5-11H,12H2,1-4H3,(H,22,26). The minimum absolute atomic E-state index is 0.269. The molecule has 0 spiro atoms. The van der Waals surface area contributed by atoms with E-state index in [4.69, 9.17) is 4.74 Å². The Hall–Kier alpha value is -3.15. The fraction of sp³-hybridized carbons (Fsp3) is 0.286. The van der Waals surface area contributed by atoms with Crippen LogP contribution < -0.4 is 10.1 Å². The van der Waals surface area contributed by atoms with Gasteiger partial charge in [-0.2, -0.15) is 0 Å². The molecule has 6 nitrogen and oxygen atoms in total. The molecule has 27 heavy (non-hydrogen) atoms. The van der Waals surface area contributed by atoms with E-state index in [1.807, 2.05) is 26.0 Å². The first-order valence-corrected chi connectivity index (χ1v) is 8.65. The van der Waals surface area contributed by atoms with Crippen molar-refractivity contribution in [3.63, 3.8) is 0 Å². The number of ether oxygens (including phenoxy) is 1. The predicted octanol–water partition coefficient (Wildman–Crippen LogP) is 2.96. The second kappa shape index (κ2) is 6.87. The van der Waals surface area contributed by atoms with Crippen molar-refractivity contribution < 1.29 is 19.1 Å². The van der Waals surface area contributed by atoms with Gasteiger partial charge in [-0.1, -0.05) is 35.9 Å². The maximum atomic E-state index is 13.0. The van der Waals surface area contributed by atoms with E-state index in [9.17, 15) is 14.4 Å². The molecule has 0 radical (unpaired) electrons. The number of methoxy groups -OCH3 is 1. The summed E-state index contributed by atoms with van der Waals surface area (Å²) in [7, 11) is 1.56. The number of amides is 3. The van der Waals surface area contributed by atoms with Gasteiger partial charge in [-0.25, -0.2) is 4.79 Å². The Morgan fingerprint density at radius 3 is 2.37 bits per heavy atom. The van der Waals surface area contributed by atoms with E-state index in [-0.39, 0.29) is 12.3 Å². The first-order valence-electron chi connectivity index (χ1n) is 8.65. The lowest BCUT2D eigenvalue weighted by Gasteiger charge is -2.22. The maximum Gasteiger partial charge on any atom is 0.325 e. The summed E-state index contributed by atoms with van der Waals surface area (Å²) < 4.78 is 5.13. The predicted molar refractivity (Wildman–Crippen MR) is 101 cm³/mol. The molecule has 140 valence electrons. The highest BCUT2D eigenvalue weighted by atomic mass is 16.5. The Morgan fingerprint density at radius 1 is 1.11 bits per heavy atom. The summed E-state index contributed by atoms with van der Waals surface area (Å²) in [5.74, 6) is -0.0632. The van der Waals surface area contributed by atoms with Gasteiger partial charge in [0, 0.05) is 5.56 Å². The normalized spacial score (nSPS) is 19.2. The van der Waals surface area contributed by atoms with Crippen molar-refractivity contribution in [1.82, 2.24) is 10.2 Å². The molecule has 3 rings (SSSR count). The first kappa shape index (κ1) is 18.6. The van der Waals surface area contributed by atoms with Crippen LogP contribution >= 0.6 is 0 Å². The molecule has 3 amide bonds. The third-order valence-corrected chi connectivity index (χ3v) is 4.93. The molecule has 1 fully saturated rings. The number of ketones is 1. The molecular formula is C21H22N2O4. The lowest BCUT2D eigenvalue weighted by atomic mass is 9.92. The van der Waals surface area contributed by atoms with Gasteiger partial charge in [-0.05, 0) is 44.0 Å². The number of rotatable bonds is 5. The SMILES string of the molecule is COc1ccc(C2(C)NC(=O)N(CC(=O)c3ccc(C)cc3C)C2=O)cc1. The minimum atomic E-state index is -1.22. The molecule has 0 aliphatic carbocycles. The maximum absolute atomic E-state index is 13.0. The number of carbonyl (C=O) groups is 3. The lowest BCUT2D eigenvalue weighted by molar-refractivity contribution is -0.130. The summed E-state index contributed by atoms with van der Waals surface area (Å²) in [6.07, 6.45) is 0. The molecule has 0 aromatic heterocycles. The highest BCUT2D eigenvalue weighted by Gasteiger charge is 2.49. The van der Waals surface area contributed by atoms with E-state index >= 15 is 0 Å². The molecule has 2 aromatic rings. The second-order valence-electron chi connectivity index (χ2n) is 6.92. The smallest absolute Gasteiger partial charge is 0.325 e. The summed E-state index contributed by atoms with van der Waals surface area (Å²) in [4.78, 5) is 39.0. The van der Waals surface area contributed by atoms with Crippen LogP contribution in [-0.2, 0) is 10.3 Å². The fourth-order valence-electron chi connectivity index (χ4n) is 3.32. The van der Waals surface area contributed by atoms with Crippen molar-refractivity contribution in [2.24, 2.45) is 0 Å². The third kappa shape index (κ3) is 3.30. The van der Waals surface area contributed by atoms with E-state index in [1.54, 1.807) is 44.4 Å². The van der Waals surface area contributed by atoms with E-state index in [0.717, 1.165) is 16.0 Å². The van der Waals surface area contributed by atoms with Crippen LogP contribution in [-0.4, -0.2) is 36.3 Å². The van der Waals surface area contributed by atoms with Gasteiger partial charge in [-0.15, -0.1) is 0 Å². The Bertz CT molecular complexity index is 920. The number of hydrogen-bond acceptors (Lipinski definition) is 4. The highest BCUT2D eigenvalue weighted by Crippen LogP contribution is 2.30. The molecule has 1 aliphatic heterocycles. The summed E-state index contributed by atoms with van der Waals surface area (Å²) in [5, 5.41) is 2.71. The number of Topliss-reactive ketones (excluding diaryl/α,β-unsaturated/α-hetero) is 1. The number of nitrogens with zero attached hydrogens (tertiary/aromatic N) is 1. The van der Waals surface area contributed by atoms with Crippen molar-refractivity contribution in [2.45, 2.75) is 26.3 Å². The number of aryl methyl sites for hydroxylation is 2. The fourth-order valence-corrected chi connectivity index (χ4v) is 3.32. The summed E-state index contributed by atoms with van der Waals surface area (Å²) >= 11 is 0. The molecule has 1 atom stereocenters. The van der Waals surface area contributed by atoms with Gasteiger partial charge >= 0.3 is 6.03 Å². The summed E-state index contributed by atoms with van der Waals surface area (Å²) in [6.45, 7) is 5.13. The zero-order valence-corrected chi connectivity index (χ0v) is 15.8. The Morgan fingerprint density at radius 2 is 1.78 bits per heavy atom. The van der Waals surface area contributed by atoms with Gasteiger partial charge in [0.25, 0.3) is 5.91 Å². The van der Waals surface area contributed by atoms with E-state index in [2.05, 4.69) is 5.32 Å². The Kier molecular flexibility index (Phi) is 4.74. The van der Waals surface area contributed by atoms with Crippen LogP contribution in [0.2, 0.25) is 0 Å². The van der Waals surface area contributed by atoms with Crippen LogP contribution in [0.1, 0.15) is 34.0 Å². The summed E-state index contributed by atoms with van der Waals surface area (Å²) in [6, 6.07) is 11.8. The zero-order valence-electron chi connectivity index (χ0n) is 15.8. The Labute approximate surface area is 158 Å². The van der Waals surface area contributed by atoms with Gasteiger partial charge < -0.3 is 10.1 Å². The highest BCUT2D eigenvalue weighted by molar-refractivity contribution is 6.11. The topological polar surface area (TPSA) is 75.7 Å². The monoisotopic (exact) mass is 366 g/mol. The van der Waals surface area contributed by atoms with Crippen molar-refractivity contribution >= 4 is 17.7 Å². The van der Waals surface area contributed by atoms with Gasteiger partial charge in [0.2, 0.25) is 0 Å². The molecule has 2 aromatic carbocycles. The lowest BCUT2D eigenvalue weighted by Crippen LogP contribution is -2.41. The average Bonchev–Trinajstić information content (AvgIpc) is 2.85. The second-order valence-corrected chi connectivity index (χ2v) is 6.92. The Balaban J connectivity index is 1.84. The molecule has 0 saturated carbocycles. The van der Waals surface area contributed by atoms with Crippen molar-refractivity contribution in [2.75, 3.05) is 13.7 Å². The molecular weight excluding hydrogens is 344 g/mol. The van der Waals surface area contributed by atoms with E-state index in [0.29, 0.717) is 16.9 Å². The number of hydrogen-bond donors (Lipinski definition) is 1. The van der Waals surface area contributed by atoms with Crippen LogP contribution in [0.5, 0.6) is 5.75 Å². The minimum Gasteiger partial charge on any atom is -0.497 e. The quantitative estimate of drug-likeness (QED) is 0.652. The molecule has 1 unspecified atom stereocenters. The number of nitrogens with one attached hydrogen (secondary N) is 1. The number of urea groups is 1. The largest absolute Gasteiger partial charge is 0.497 e. The van der Waals surface area contributed by atoms with Crippen LogP contribution in [0, 0.1) is 13.8 Å². The van der Waals surface area contributed by atoms with Crippen molar-refractivity contribution in [1.29, 1.82) is 0 Å². The molecule has 1 saturated heterocycles. The van der Waals surface area contributed by atoms with E-state index in [1.165, 1.54) is 0 Å². The van der Waals surface area contributed by atoms with Gasteiger partial charge in [0.1, 0.15) is 11.3 Å². The van der Waals surface area contributed by atoms with Gasteiger partial charge in [0.05, 0.1) is 13.7 Å². The van der Waals surface area contributed by atoms with Crippen LogP contribution in [0.25, 0.3) is 0 Å². The number of carbonyl (C=O) groups excluding carboxylic acids is 3. The molecule has 1 N–H and O–H groups in total. The molecule has 6 heteroatoms. The average molecular weight is 366 g/mol. The molecule has 1 heterocycles. The first-order chi connectivity index (χ1) is 12.8.